The molecule has 1 fully saturated rings. The molecule has 0 radical (unpaired) electrons. The third-order valence-corrected chi connectivity index (χ3v) is 3.40. The molecule has 1 aliphatic rings. The summed E-state index contributed by atoms with van der Waals surface area (Å²) in [5.41, 5.74) is -0.365. The molecule has 0 amide bonds. The Labute approximate surface area is 114 Å². The van der Waals surface area contributed by atoms with Gasteiger partial charge < -0.3 is 20.3 Å². The molecule has 0 aromatic carbocycles. The molecule has 3 N–H and O–H groups in total. The molecule has 0 spiro atoms. The fourth-order valence-corrected chi connectivity index (χ4v) is 2.31. The minimum atomic E-state index is -1.07. The van der Waals surface area contributed by atoms with Crippen LogP contribution in [0.3, 0.4) is 0 Å². The standard InChI is InChI=1S/C13H15N3O4/c17-12(18)10-11(14-7-13(19)4-6-20-8-13)15-9-3-1-2-5-16(9)10/h1-3,5,14,19H,4,6-8H2,(H,17,18). The van der Waals surface area contributed by atoms with Crippen molar-refractivity contribution >= 4 is 17.4 Å². The number of anilines is 1. The molecule has 20 heavy (non-hydrogen) atoms. The zero-order chi connectivity index (χ0) is 14.2. The highest BCUT2D eigenvalue weighted by molar-refractivity contribution is 5.92. The van der Waals surface area contributed by atoms with Gasteiger partial charge in [0.15, 0.2) is 11.5 Å². The molecule has 7 nitrogen and oxygen atoms in total. The number of rotatable bonds is 4. The molecule has 0 aliphatic carbocycles. The van der Waals surface area contributed by atoms with Crippen LogP contribution in [0.25, 0.3) is 5.65 Å². The first-order chi connectivity index (χ1) is 9.59. The second-order valence-electron chi connectivity index (χ2n) is 4.92. The average molecular weight is 277 g/mol. The van der Waals surface area contributed by atoms with Gasteiger partial charge in [0.25, 0.3) is 0 Å². The van der Waals surface area contributed by atoms with Crippen LogP contribution >= 0.6 is 0 Å². The van der Waals surface area contributed by atoms with Crippen LogP contribution in [0.2, 0.25) is 0 Å². The van der Waals surface area contributed by atoms with Gasteiger partial charge in [-0.05, 0) is 12.1 Å². The molecule has 1 unspecified atom stereocenters. The molecule has 0 bridgehead atoms. The Kier molecular flexibility index (Phi) is 3.07. The van der Waals surface area contributed by atoms with Gasteiger partial charge >= 0.3 is 5.97 Å². The normalized spacial score (nSPS) is 22.2. The van der Waals surface area contributed by atoms with Gasteiger partial charge in [0.2, 0.25) is 0 Å². The van der Waals surface area contributed by atoms with E-state index in [1.54, 1.807) is 24.4 Å². The molecule has 106 valence electrons. The van der Waals surface area contributed by atoms with Gasteiger partial charge in [0.05, 0.1) is 6.61 Å². The second-order valence-corrected chi connectivity index (χ2v) is 4.92. The lowest BCUT2D eigenvalue weighted by Gasteiger charge is -2.20. The number of imidazole rings is 1. The minimum absolute atomic E-state index is 0.0584. The Bertz CT molecular complexity index is 646. The predicted molar refractivity (Wildman–Crippen MR) is 71.0 cm³/mol. The van der Waals surface area contributed by atoms with Crippen molar-refractivity contribution in [2.45, 2.75) is 12.0 Å². The molecule has 1 atom stereocenters. The number of nitrogens with zero attached hydrogens (tertiary/aromatic N) is 2. The largest absolute Gasteiger partial charge is 0.476 e. The molecule has 1 saturated heterocycles. The zero-order valence-electron chi connectivity index (χ0n) is 10.7. The quantitative estimate of drug-likeness (QED) is 0.757. The Morgan fingerprint density at radius 2 is 2.40 bits per heavy atom. The number of carbonyl (C=O) groups is 1. The van der Waals surface area contributed by atoms with Crippen LogP contribution in [-0.4, -0.2) is 50.9 Å². The summed E-state index contributed by atoms with van der Waals surface area (Å²) in [7, 11) is 0. The number of hydrogen-bond donors (Lipinski definition) is 3. The first kappa shape index (κ1) is 12.9. The molecule has 3 rings (SSSR count). The van der Waals surface area contributed by atoms with Gasteiger partial charge in [-0.1, -0.05) is 6.07 Å². The summed E-state index contributed by atoms with van der Waals surface area (Å²) >= 11 is 0. The summed E-state index contributed by atoms with van der Waals surface area (Å²) in [6.45, 7) is 0.960. The van der Waals surface area contributed by atoms with Gasteiger partial charge in [-0.15, -0.1) is 0 Å². The van der Waals surface area contributed by atoms with E-state index < -0.39 is 11.6 Å². The van der Waals surface area contributed by atoms with Crippen LogP contribution in [-0.2, 0) is 4.74 Å². The van der Waals surface area contributed by atoms with Crippen molar-refractivity contribution in [2.75, 3.05) is 25.1 Å². The number of aliphatic hydroxyl groups is 1. The third kappa shape index (κ3) is 2.21. The molecule has 2 aromatic heterocycles. The Hall–Kier alpha value is -2.12. The van der Waals surface area contributed by atoms with E-state index in [4.69, 9.17) is 4.74 Å². The first-order valence-electron chi connectivity index (χ1n) is 6.33. The zero-order valence-corrected chi connectivity index (χ0v) is 10.7. The van der Waals surface area contributed by atoms with Gasteiger partial charge in [0, 0.05) is 25.8 Å². The fourth-order valence-electron chi connectivity index (χ4n) is 2.31. The fraction of sp³-hybridized carbons (Fsp3) is 0.385. The maximum absolute atomic E-state index is 11.4. The highest BCUT2D eigenvalue weighted by Gasteiger charge is 2.32. The van der Waals surface area contributed by atoms with Gasteiger partial charge in [-0.2, -0.15) is 0 Å². The summed E-state index contributed by atoms with van der Waals surface area (Å²) in [5, 5.41) is 22.4. The number of ether oxygens (including phenoxy) is 1. The number of aromatic carboxylic acids is 1. The molecule has 0 saturated carbocycles. The minimum Gasteiger partial charge on any atom is -0.476 e. The number of carboxylic acids is 1. The van der Waals surface area contributed by atoms with Crippen molar-refractivity contribution in [2.24, 2.45) is 0 Å². The van der Waals surface area contributed by atoms with Crippen LogP contribution in [0, 0.1) is 0 Å². The van der Waals surface area contributed by atoms with E-state index in [1.165, 1.54) is 4.40 Å². The summed E-state index contributed by atoms with van der Waals surface area (Å²) < 4.78 is 6.65. The van der Waals surface area contributed by atoms with Crippen molar-refractivity contribution in [1.82, 2.24) is 9.38 Å². The average Bonchev–Trinajstić information content (AvgIpc) is 3.00. The van der Waals surface area contributed by atoms with Crippen molar-refractivity contribution < 1.29 is 19.7 Å². The second kappa shape index (κ2) is 4.77. The lowest BCUT2D eigenvalue weighted by molar-refractivity contribution is 0.0380. The first-order valence-corrected chi connectivity index (χ1v) is 6.33. The molecule has 7 heteroatoms. The molecular formula is C13H15N3O4. The highest BCUT2D eigenvalue weighted by atomic mass is 16.5. The van der Waals surface area contributed by atoms with Crippen LogP contribution in [0.5, 0.6) is 0 Å². The lowest BCUT2D eigenvalue weighted by Crippen LogP contribution is -2.37. The van der Waals surface area contributed by atoms with E-state index in [2.05, 4.69) is 10.3 Å². The van der Waals surface area contributed by atoms with Gasteiger partial charge in [0.1, 0.15) is 11.2 Å². The van der Waals surface area contributed by atoms with Crippen molar-refractivity contribution in [1.29, 1.82) is 0 Å². The Balaban J connectivity index is 1.90. The van der Waals surface area contributed by atoms with E-state index in [-0.39, 0.29) is 24.7 Å². The molecule has 3 heterocycles. The van der Waals surface area contributed by atoms with Crippen molar-refractivity contribution in [3.63, 3.8) is 0 Å². The number of pyridine rings is 1. The number of carboxylic acid groups (broad SMARTS) is 1. The van der Waals surface area contributed by atoms with E-state index in [9.17, 15) is 15.0 Å². The van der Waals surface area contributed by atoms with Crippen LogP contribution in [0.15, 0.2) is 24.4 Å². The van der Waals surface area contributed by atoms with Crippen molar-refractivity contribution in [3.05, 3.63) is 30.1 Å². The SMILES string of the molecule is O=C(O)c1c(NCC2(O)CCOC2)nc2ccccn12. The maximum Gasteiger partial charge on any atom is 0.356 e. The number of hydrogen-bond acceptors (Lipinski definition) is 5. The summed E-state index contributed by atoms with van der Waals surface area (Å²) in [5.74, 6) is -0.815. The van der Waals surface area contributed by atoms with E-state index in [0.29, 0.717) is 18.7 Å². The monoisotopic (exact) mass is 277 g/mol. The molecule has 1 aliphatic heterocycles. The predicted octanol–water partition coefficient (Wildman–Crippen LogP) is 0.596. The maximum atomic E-state index is 11.4. The number of aromatic nitrogens is 2. The van der Waals surface area contributed by atoms with E-state index in [0.717, 1.165) is 0 Å². The number of fused-ring (bicyclic) bond motifs is 1. The summed E-state index contributed by atoms with van der Waals surface area (Å²) in [6.07, 6.45) is 2.17. The summed E-state index contributed by atoms with van der Waals surface area (Å²) in [6, 6.07) is 5.25. The highest BCUT2D eigenvalue weighted by Crippen LogP contribution is 2.22. The Morgan fingerprint density at radius 1 is 1.55 bits per heavy atom. The molecule has 2 aromatic rings. The van der Waals surface area contributed by atoms with E-state index in [1.807, 2.05) is 0 Å². The topological polar surface area (TPSA) is 96.1 Å². The lowest BCUT2D eigenvalue weighted by atomic mass is 10.0. The molecular weight excluding hydrogens is 262 g/mol. The van der Waals surface area contributed by atoms with Gasteiger partial charge in [-0.25, -0.2) is 9.78 Å². The summed E-state index contributed by atoms with van der Waals surface area (Å²) in [4.78, 5) is 15.6. The van der Waals surface area contributed by atoms with Crippen LogP contribution in [0.1, 0.15) is 16.9 Å². The number of nitrogens with one attached hydrogen (secondary N) is 1. The smallest absolute Gasteiger partial charge is 0.356 e. The van der Waals surface area contributed by atoms with E-state index >= 15 is 0 Å². The van der Waals surface area contributed by atoms with Crippen LogP contribution < -0.4 is 5.32 Å². The van der Waals surface area contributed by atoms with Crippen LogP contribution in [0.4, 0.5) is 5.82 Å². The third-order valence-electron chi connectivity index (χ3n) is 3.40. The Morgan fingerprint density at radius 3 is 3.10 bits per heavy atom. The van der Waals surface area contributed by atoms with Crippen molar-refractivity contribution in [3.8, 4) is 0 Å². The van der Waals surface area contributed by atoms with Gasteiger partial charge in [-0.3, -0.25) is 4.40 Å².